The fourth-order valence-electron chi connectivity index (χ4n) is 1.75. The highest BCUT2D eigenvalue weighted by molar-refractivity contribution is 6.32. The quantitative estimate of drug-likeness (QED) is 0.778. The number of ether oxygens (including phenoxy) is 1. The van der Waals surface area contributed by atoms with Crippen LogP contribution in [0.4, 0.5) is 5.69 Å². The van der Waals surface area contributed by atoms with E-state index in [4.69, 9.17) is 16.3 Å². The van der Waals surface area contributed by atoms with Crippen molar-refractivity contribution in [3.8, 4) is 6.07 Å². The van der Waals surface area contributed by atoms with Gasteiger partial charge < -0.3 is 9.64 Å². The average molecular weight is 281 g/mol. The third kappa shape index (κ3) is 3.87. The van der Waals surface area contributed by atoms with Crippen LogP contribution >= 0.6 is 11.6 Å². The molecule has 0 radical (unpaired) electrons. The molecular weight excluding hydrogens is 264 g/mol. The summed E-state index contributed by atoms with van der Waals surface area (Å²) in [5.74, 6) is -0.319. The van der Waals surface area contributed by atoms with Gasteiger partial charge in [0.05, 0.1) is 22.9 Å². The summed E-state index contributed by atoms with van der Waals surface area (Å²) in [5, 5.41) is 9.57. The van der Waals surface area contributed by atoms with Crippen molar-refractivity contribution in [1.82, 2.24) is 0 Å². The number of anilines is 1. The summed E-state index contributed by atoms with van der Waals surface area (Å²) in [4.78, 5) is 13.4. The van der Waals surface area contributed by atoms with Crippen LogP contribution in [0.2, 0.25) is 5.02 Å². The molecule has 0 atom stereocenters. The second kappa shape index (κ2) is 7.01. The third-order valence-electron chi connectivity index (χ3n) is 2.64. The van der Waals surface area contributed by atoms with E-state index in [0.29, 0.717) is 22.9 Å². The van der Waals surface area contributed by atoms with Crippen molar-refractivity contribution in [3.63, 3.8) is 0 Å². The van der Waals surface area contributed by atoms with Crippen molar-refractivity contribution in [2.75, 3.05) is 18.1 Å². The van der Waals surface area contributed by atoms with Crippen LogP contribution in [0.3, 0.4) is 0 Å². The highest BCUT2D eigenvalue weighted by atomic mass is 35.5. The van der Waals surface area contributed by atoms with Crippen LogP contribution in [-0.4, -0.2) is 25.2 Å². The van der Waals surface area contributed by atoms with Gasteiger partial charge in [-0.15, -0.1) is 0 Å². The molecule has 5 heteroatoms. The van der Waals surface area contributed by atoms with Gasteiger partial charge in [-0.05, 0) is 32.9 Å². The van der Waals surface area contributed by atoms with Crippen molar-refractivity contribution < 1.29 is 9.53 Å². The molecule has 0 aliphatic rings. The molecular formula is C14H17ClN2O2. The molecule has 0 saturated carbocycles. The zero-order chi connectivity index (χ0) is 14.4. The summed E-state index contributed by atoms with van der Waals surface area (Å²) < 4.78 is 4.95. The standard InChI is InChI=1S/C14H17ClN2O2/c1-4-19-14(18)9-17(10(2)3)13-7-5-6-12(15)11(13)8-16/h5-7,10H,4,9H2,1-3H3. The normalized spacial score (nSPS) is 10.1. The zero-order valence-corrected chi connectivity index (χ0v) is 12.1. The van der Waals surface area contributed by atoms with Gasteiger partial charge in [0.25, 0.3) is 0 Å². The van der Waals surface area contributed by atoms with Gasteiger partial charge in [0.2, 0.25) is 0 Å². The number of benzene rings is 1. The molecule has 1 rings (SSSR count). The second-order valence-electron chi connectivity index (χ2n) is 4.27. The topological polar surface area (TPSA) is 53.3 Å². The van der Waals surface area contributed by atoms with Gasteiger partial charge in [-0.25, -0.2) is 0 Å². The molecule has 0 saturated heterocycles. The lowest BCUT2D eigenvalue weighted by Gasteiger charge is -2.28. The molecule has 0 fully saturated rings. The maximum Gasteiger partial charge on any atom is 0.325 e. The van der Waals surface area contributed by atoms with Gasteiger partial charge in [-0.3, -0.25) is 4.79 Å². The minimum atomic E-state index is -0.319. The van der Waals surface area contributed by atoms with E-state index in [9.17, 15) is 10.1 Å². The zero-order valence-electron chi connectivity index (χ0n) is 11.3. The molecule has 1 aromatic rings. The molecule has 0 unspecified atom stereocenters. The minimum Gasteiger partial charge on any atom is -0.465 e. The van der Waals surface area contributed by atoms with Gasteiger partial charge in [0.15, 0.2) is 0 Å². The van der Waals surface area contributed by atoms with Crippen LogP contribution < -0.4 is 4.90 Å². The van der Waals surface area contributed by atoms with Crippen LogP contribution in [0.15, 0.2) is 18.2 Å². The van der Waals surface area contributed by atoms with Crippen molar-refractivity contribution in [3.05, 3.63) is 28.8 Å². The summed E-state index contributed by atoms with van der Waals surface area (Å²) in [7, 11) is 0. The van der Waals surface area contributed by atoms with E-state index in [1.54, 1.807) is 25.1 Å². The predicted molar refractivity (Wildman–Crippen MR) is 75.3 cm³/mol. The molecule has 0 aliphatic carbocycles. The summed E-state index contributed by atoms with van der Waals surface area (Å²) in [6.07, 6.45) is 0. The van der Waals surface area contributed by atoms with Gasteiger partial charge in [0, 0.05) is 6.04 Å². The number of carbonyl (C=O) groups is 1. The van der Waals surface area contributed by atoms with Crippen molar-refractivity contribution in [1.29, 1.82) is 5.26 Å². The van der Waals surface area contributed by atoms with Crippen molar-refractivity contribution >= 4 is 23.3 Å². The molecule has 1 aromatic carbocycles. The highest BCUT2D eigenvalue weighted by Gasteiger charge is 2.19. The molecule has 0 heterocycles. The van der Waals surface area contributed by atoms with Crippen molar-refractivity contribution in [2.45, 2.75) is 26.8 Å². The van der Waals surface area contributed by atoms with Crippen LogP contribution in [-0.2, 0) is 9.53 Å². The number of halogens is 1. The summed E-state index contributed by atoms with van der Waals surface area (Å²) in [5.41, 5.74) is 1.03. The van der Waals surface area contributed by atoms with Gasteiger partial charge in [-0.2, -0.15) is 5.26 Å². The molecule has 0 N–H and O–H groups in total. The minimum absolute atomic E-state index is 0.0509. The Kier molecular flexibility index (Phi) is 5.65. The second-order valence-corrected chi connectivity index (χ2v) is 4.68. The van der Waals surface area contributed by atoms with Gasteiger partial charge in [0.1, 0.15) is 12.6 Å². The van der Waals surface area contributed by atoms with E-state index in [1.165, 1.54) is 0 Å². The first kappa shape index (κ1) is 15.3. The lowest BCUT2D eigenvalue weighted by molar-refractivity contribution is -0.141. The largest absolute Gasteiger partial charge is 0.465 e. The van der Waals surface area contributed by atoms with E-state index in [2.05, 4.69) is 6.07 Å². The monoisotopic (exact) mass is 280 g/mol. The summed E-state index contributed by atoms with van der Waals surface area (Å²) in [6.45, 7) is 6.09. The Hall–Kier alpha value is -1.73. The van der Waals surface area contributed by atoms with E-state index in [1.807, 2.05) is 18.7 Å². The molecule has 0 spiro atoms. The van der Waals surface area contributed by atoms with E-state index in [-0.39, 0.29) is 18.6 Å². The Labute approximate surface area is 118 Å². The SMILES string of the molecule is CCOC(=O)CN(c1cccc(Cl)c1C#N)C(C)C. The number of hydrogen-bond acceptors (Lipinski definition) is 4. The third-order valence-corrected chi connectivity index (χ3v) is 2.96. The number of esters is 1. The van der Waals surface area contributed by atoms with Crippen molar-refractivity contribution in [2.24, 2.45) is 0 Å². The summed E-state index contributed by atoms with van der Waals surface area (Å²) in [6, 6.07) is 7.33. The van der Waals surface area contributed by atoms with E-state index in [0.717, 1.165) is 0 Å². The fourth-order valence-corrected chi connectivity index (χ4v) is 1.97. The molecule has 102 valence electrons. The first-order valence-electron chi connectivity index (χ1n) is 6.12. The Morgan fingerprint density at radius 3 is 2.74 bits per heavy atom. The molecule has 4 nitrogen and oxygen atoms in total. The average Bonchev–Trinajstić information content (AvgIpc) is 2.35. The fraction of sp³-hybridized carbons (Fsp3) is 0.429. The van der Waals surface area contributed by atoms with Gasteiger partial charge >= 0.3 is 5.97 Å². The number of hydrogen-bond donors (Lipinski definition) is 0. The molecule has 0 bridgehead atoms. The number of rotatable bonds is 5. The Balaban J connectivity index is 3.10. The predicted octanol–water partition coefficient (Wildman–Crippen LogP) is 2.99. The number of nitriles is 1. The van der Waals surface area contributed by atoms with Crippen LogP contribution in [0.25, 0.3) is 0 Å². The smallest absolute Gasteiger partial charge is 0.325 e. The molecule has 19 heavy (non-hydrogen) atoms. The Bertz CT molecular complexity index is 495. The number of carbonyl (C=O) groups excluding carboxylic acids is 1. The lowest BCUT2D eigenvalue weighted by Crippen LogP contribution is -2.37. The van der Waals surface area contributed by atoms with Crippen LogP contribution in [0, 0.1) is 11.3 Å². The Morgan fingerprint density at radius 2 is 2.21 bits per heavy atom. The lowest BCUT2D eigenvalue weighted by atomic mass is 10.1. The first-order chi connectivity index (χ1) is 9.01. The Morgan fingerprint density at radius 1 is 1.53 bits per heavy atom. The van der Waals surface area contributed by atoms with Crippen LogP contribution in [0.1, 0.15) is 26.3 Å². The molecule has 0 aliphatic heterocycles. The maximum absolute atomic E-state index is 11.6. The van der Waals surface area contributed by atoms with Crippen LogP contribution in [0.5, 0.6) is 0 Å². The number of nitrogens with zero attached hydrogens (tertiary/aromatic N) is 2. The van der Waals surface area contributed by atoms with Gasteiger partial charge in [-0.1, -0.05) is 17.7 Å². The molecule has 0 amide bonds. The van der Waals surface area contributed by atoms with E-state index < -0.39 is 0 Å². The maximum atomic E-state index is 11.6. The first-order valence-corrected chi connectivity index (χ1v) is 6.49. The highest BCUT2D eigenvalue weighted by Crippen LogP contribution is 2.28. The summed E-state index contributed by atoms with van der Waals surface area (Å²) >= 11 is 6.01. The van der Waals surface area contributed by atoms with E-state index >= 15 is 0 Å². The molecule has 0 aromatic heterocycles.